The van der Waals surface area contributed by atoms with Crippen LogP contribution in [0.5, 0.6) is 0 Å². The minimum absolute atomic E-state index is 0. The normalized spacial score (nSPS) is 8.61. The van der Waals surface area contributed by atoms with Gasteiger partial charge in [0.2, 0.25) is 0 Å². The van der Waals surface area contributed by atoms with Crippen molar-refractivity contribution in [1.82, 2.24) is 0 Å². The molecule has 0 amide bonds. The zero-order valence-electron chi connectivity index (χ0n) is 10.6. The quantitative estimate of drug-likeness (QED) is 0.526. The van der Waals surface area contributed by atoms with Crippen molar-refractivity contribution in [2.75, 3.05) is 0 Å². The van der Waals surface area contributed by atoms with Gasteiger partial charge in [0.05, 0.1) is 0 Å². The van der Waals surface area contributed by atoms with Crippen molar-refractivity contribution in [3.05, 3.63) is 46.8 Å². The Morgan fingerprint density at radius 1 is 0.889 bits per heavy atom. The third kappa shape index (κ3) is 5.03. The summed E-state index contributed by atoms with van der Waals surface area (Å²) >= 11 is 0. The minimum atomic E-state index is 0. The molecule has 0 fully saturated rings. The molecule has 0 aliphatic heterocycles. The van der Waals surface area contributed by atoms with Gasteiger partial charge in [-0.05, 0) is 0 Å². The molecule has 5 heteroatoms. The first-order valence-electron chi connectivity index (χ1n) is 4.86. The number of aryl methyl sites for hydroxylation is 1. The smallest absolute Gasteiger partial charge is 0 e. The van der Waals surface area contributed by atoms with E-state index in [1.807, 2.05) is 0 Å². The van der Waals surface area contributed by atoms with Gasteiger partial charge in [0.25, 0.3) is 0 Å². The summed E-state index contributed by atoms with van der Waals surface area (Å²) in [6, 6.07) is 10.7. The second-order valence-corrected chi connectivity index (χ2v) is 5.00. The van der Waals surface area contributed by atoms with Gasteiger partial charge in [0, 0.05) is 26.2 Å². The van der Waals surface area contributed by atoms with Gasteiger partial charge in [-0.25, -0.2) is 0 Å². The number of rotatable bonds is 1. The van der Waals surface area contributed by atoms with Crippen LogP contribution in [0, 0.1) is 20.8 Å². The van der Waals surface area contributed by atoms with Crippen LogP contribution in [0.2, 0.25) is 0 Å². The number of hydrogen-bond donors (Lipinski definition) is 0. The van der Waals surface area contributed by atoms with Crippen LogP contribution < -0.4 is 0 Å². The molecule has 0 bridgehead atoms. The van der Waals surface area contributed by atoms with Crippen LogP contribution in [-0.2, 0) is 26.2 Å². The average Bonchev–Trinajstić information content (AvgIpc) is 2.47. The third-order valence-corrected chi connectivity index (χ3v) is 4.28. The molecule has 0 atom stereocenters. The molecule has 0 aliphatic carbocycles. The zero-order chi connectivity index (χ0) is 10.1. The van der Waals surface area contributed by atoms with E-state index in [2.05, 4.69) is 51.1 Å². The molecule has 0 spiro atoms. The van der Waals surface area contributed by atoms with E-state index in [0.717, 1.165) is 0 Å². The summed E-state index contributed by atoms with van der Waals surface area (Å²) in [6.07, 6.45) is 0. The molecule has 0 N–H and O–H groups in total. The van der Waals surface area contributed by atoms with Crippen LogP contribution >= 0.6 is 45.4 Å². The first-order valence-corrected chi connectivity index (χ1v) is 5.75. The second-order valence-electron chi connectivity index (χ2n) is 3.66. The first kappa shape index (κ1) is 23.8. The largest absolute Gasteiger partial charge is 0.157 e. The Morgan fingerprint density at radius 2 is 1.39 bits per heavy atom. The molecule has 0 saturated carbocycles. The fourth-order valence-electron chi connectivity index (χ4n) is 1.66. The third-order valence-electron chi connectivity index (χ3n) is 2.79. The Kier molecular flexibility index (Phi) is 13.9. The van der Waals surface area contributed by atoms with Crippen LogP contribution in [0.25, 0.3) is 10.9 Å². The van der Waals surface area contributed by atoms with Crippen LogP contribution in [0.1, 0.15) is 16.4 Å². The Balaban J connectivity index is -0.000000562. The number of halogens is 3. The molecular formula is C13H17Cl3PZr-. The Bertz CT molecular complexity index is 455. The number of benzene rings is 1. The molecular weight excluding hydrogens is 385 g/mol. The molecule has 100 valence electrons. The second kappa shape index (κ2) is 10.5. The summed E-state index contributed by atoms with van der Waals surface area (Å²) in [4.78, 5) is 0. The van der Waals surface area contributed by atoms with Crippen molar-refractivity contribution in [3.63, 3.8) is 0 Å². The van der Waals surface area contributed by atoms with Crippen molar-refractivity contribution in [3.8, 4) is 10.9 Å². The van der Waals surface area contributed by atoms with E-state index in [0.29, 0.717) is 0 Å². The van der Waals surface area contributed by atoms with Gasteiger partial charge in [-0.15, -0.1) is 71.3 Å². The molecule has 2 rings (SSSR count). The van der Waals surface area contributed by atoms with Crippen LogP contribution in [-0.4, -0.2) is 0 Å². The van der Waals surface area contributed by atoms with Gasteiger partial charge in [0.15, 0.2) is 0 Å². The summed E-state index contributed by atoms with van der Waals surface area (Å²) in [5.41, 5.74) is 4.28. The Hall–Kier alpha value is 0.753. The van der Waals surface area contributed by atoms with E-state index in [1.54, 1.807) is 0 Å². The standard InChI is InChI=1S/C13H14P.3ClH.Zr/c1-9-10(2)13(14-11(9)3)12-7-5-4-6-8-12;;;;/h4-8H,1-3H3;3*1H;/q-1;;;;. The first-order chi connectivity index (χ1) is 6.70. The Labute approximate surface area is 149 Å². The van der Waals surface area contributed by atoms with E-state index in [-0.39, 0.29) is 63.4 Å². The monoisotopic (exact) mass is 399 g/mol. The predicted molar refractivity (Wildman–Crippen MR) is 85.9 cm³/mol. The summed E-state index contributed by atoms with van der Waals surface area (Å²) in [6.45, 7) is 6.66. The molecule has 0 nitrogen and oxygen atoms in total. The topological polar surface area (TPSA) is 0 Å². The van der Waals surface area contributed by atoms with Crippen LogP contribution in [0.15, 0.2) is 30.3 Å². The van der Waals surface area contributed by atoms with E-state index < -0.39 is 0 Å². The summed E-state index contributed by atoms with van der Waals surface area (Å²) in [7, 11) is 1.38. The molecule has 18 heavy (non-hydrogen) atoms. The van der Waals surface area contributed by atoms with Crippen molar-refractivity contribution in [2.45, 2.75) is 20.8 Å². The SMILES string of the molecule is Cc1p[c-](-c2ccccc2)c(C)c1C.Cl.Cl.Cl.[Zr]. The maximum atomic E-state index is 2.22. The molecule has 2 aromatic rings. The molecule has 0 saturated heterocycles. The van der Waals surface area contributed by atoms with Gasteiger partial charge < -0.3 is 0 Å². The average molecular weight is 402 g/mol. The summed E-state index contributed by atoms with van der Waals surface area (Å²) in [5.74, 6) is 0. The van der Waals surface area contributed by atoms with Gasteiger partial charge in [-0.1, -0.05) is 44.3 Å². The van der Waals surface area contributed by atoms with Crippen LogP contribution in [0.3, 0.4) is 0 Å². The van der Waals surface area contributed by atoms with E-state index in [9.17, 15) is 0 Å². The zero-order valence-corrected chi connectivity index (χ0v) is 16.4. The summed E-state index contributed by atoms with van der Waals surface area (Å²) in [5, 5.41) is 2.96. The van der Waals surface area contributed by atoms with Crippen LogP contribution in [0.4, 0.5) is 0 Å². The van der Waals surface area contributed by atoms with E-state index in [4.69, 9.17) is 0 Å². The van der Waals surface area contributed by atoms with E-state index >= 15 is 0 Å². The molecule has 1 heterocycles. The van der Waals surface area contributed by atoms with Crippen molar-refractivity contribution in [1.29, 1.82) is 0 Å². The fourth-order valence-corrected chi connectivity index (χ4v) is 2.95. The summed E-state index contributed by atoms with van der Waals surface area (Å²) < 4.78 is 0. The number of hydrogen-bond acceptors (Lipinski definition) is 0. The van der Waals surface area contributed by atoms with Crippen molar-refractivity contribution in [2.24, 2.45) is 0 Å². The molecule has 0 unspecified atom stereocenters. The molecule has 0 radical (unpaired) electrons. The molecule has 1 aromatic heterocycles. The van der Waals surface area contributed by atoms with Gasteiger partial charge in [-0.2, -0.15) is 8.19 Å². The molecule has 1 aromatic carbocycles. The maximum Gasteiger partial charge on any atom is 0 e. The molecule has 0 aliphatic rings. The van der Waals surface area contributed by atoms with E-state index in [1.165, 1.54) is 35.5 Å². The minimum Gasteiger partial charge on any atom is -0.157 e. The van der Waals surface area contributed by atoms with Crippen molar-refractivity contribution >= 4 is 45.4 Å². The fraction of sp³-hybridized carbons (Fsp3) is 0.231. The predicted octanol–water partition coefficient (Wildman–Crippen LogP) is 5.84. The van der Waals surface area contributed by atoms with Gasteiger partial charge in [-0.3, -0.25) is 0 Å². The van der Waals surface area contributed by atoms with Crippen molar-refractivity contribution < 1.29 is 26.2 Å². The van der Waals surface area contributed by atoms with Gasteiger partial charge >= 0.3 is 0 Å². The Morgan fingerprint density at radius 3 is 1.78 bits per heavy atom. The maximum absolute atomic E-state index is 2.22. The van der Waals surface area contributed by atoms with Gasteiger partial charge in [0.1, 0.15) is 0 Å².